The summed E-state index contributed by atoms with van der Waals surface area (Å²) in [5.41, 5.74) is 6.11. The van der Waals surface area contributed by atoms with Crippen LogP contribution in [0.1, 0.15) is 53.9 Å². The first-order chi connectivity index (χ1) is 6.74. The SMILES string of the molecule is CCC(C)NC(=O)CC(N)CC(C)(C)C. The Hall–Kier alpha value is -0.570. The largest absolute Gasteiger partial charge is 0.354 e. The van der Waals surface area contributed by atoms with Gasteiger partial charge in [0.15, 0.2) is 0 Å². The third-order valence-corrected chi connectivity index (χ3v) is 2.34. The van der Waals surface area contributed by atoms with Crippen molar-refractivity contribution in [3.8, 4) is 0 Å². The van der Waals surface area contributed by atoms with E-state index in [-0.39, 0.29) is 23.4 Å². The second-order valence-electron chi connectivity index (χ2n) is 5.61. The number of hydrogen-bond donors (Lipinski definition) is 2. The number of nitrogens with one attached hydrogen (secondary N) is 1. The van der Waals surface area contributed by atoms with Gasteiger partial charge in [0.05, 0.1) is 0 Å². The van der Waals surface area contributed by atoms with Crippen LogP contribution in [0.3, 0.4) is 0 Å². The maximum Gasteiger partial charge on any atom is 0.221 e. The van der Waals surface area contributed by atoms with Gasteiger partial charge < -0.3 is 11.1 Å². The molecule has 3 nitrogen and oxygen atoms in total. The Kier molecular flexibility index (Phi) is 5.88. The average Bonchev–Trinajstić information content (AvgIpc) is 1.99. The first kappa shape index (κ1) is 14.4. The average molecular weight is 214 g/mol. The Morgan fingerprint density at radius 2 is 1.93 bits per heavy atom. The highest BCUT2D eigenvalue weighted by Gasteiger charge is 2.18. The third kappa shape index (κ3) is 8.43. The molecule has 0 saturated heterocycles. The zero-order valence-electron chi connectivity index (χ0n) is 10.8. The minimum absolute atomic E-state index is 0.0333. The highest BCUT2D eigenvalue weighted by molar-refractivity contribution is 5.76. The number of hydrogen-bond acceptors (Lipinski definition) is 2. The Bertz CT molecular complexity index is 196. The van der Waals surface area contributed by atoms with E-state index in [1.165, 1.54) is 0 Å². The molecule has 0 radical (unpaired) electrons. The van der Waals surface area contributed by atoms with Crippen LogP contribution in [0.25, 0.3) is 0 Å². The molecular formula is C12H26N2O. The highest BCUT2D eigenvalue weighted by atomic mass is 16.1. The molecule has 90 valence electrons. The van der Waals surface area contributed by atoms with E-state index >= 15 is 0 Å². The minimum atomic E-state index is -0.0333. The first-order valence-corrected chi connectivity index (χ1v) is 5.79. The van der Waals surface area contributed by atoms with E-state index in [1.54, 1.807) is 0 Å². The zero-order valence-corrected chi connectivity index (χ0v) is 10.8. The molecule has 0 rings (SSSR count). The summed E-state index contributed by atoms with van der Waals surface area (Å²) >= 11 is 0. The van der Waals surface area contributed by atoms with Crippen molar-refractivity contribution in [1.82, 2.24) is 5.32 Å². The summed E-state index contributed by atoms with van der Waals surface area (Å²) in [7, 11) is 0. The standard InChI is InChI=1S/C12H26N2O/c1-6-9(2)14-11(15)7-10(13)8-12(3,4)5/h9-10H,6-8,13H2,1-5H3,(H,14,15). The molecule has 2 unspecified atom stereocenters. The number of carbonyl (C=O) groups excluding carboxylic acids is 1. The van der Waals surface area contributed by atoms with Gasteiger partial charge in [0.1, 0.15) is 0 Å². The highest BCUT2D eigenvalue weighted by Crippen LogP contribution is 2.20. The predicted octanol–water partition coefficient (Wildman–Crippen LogP) is 2.05. The van der Waals surface area contributed by atoms with Gasteiger partial charge in [0.25, 0.3) is 0 Å². The van der Waals surface area contributed by atoms with Gasteiger partial charge in [-0.1, -0.05) is 27.7 Å². The molecule has 0 aromatic carbocycles. The van der Waals surface area contributed by atoms with E-state index in [4.69, 9.17) is 5.73 Å². The Morgan fingerprint density at radius 3 is 2.33 bits per heavy atom. The van der Waals surface area contributed by atoms with Crippen LogP contribution in [0.5, 0.6) is 0 Å². The van der Waals surface area contributed by atoms with E-state index < -0.39 is 0 Å². The quantitative estimate of drug-likeness (QED) is 0.736. The summed E-state index contributed by atoms with van der Waals surface area (Å²) in [5.74, 6) is 0.0705. The van der Waals surface area contributed by atoms with Gasteiger partial charge in [-0.3, -0.25) is 4.79 Å². The van der Waals surface area contributed by atoms with Crippen molar-refractivity contribution in [3.05, 3.63) is 0 Å². The van der Waals surface area contributed by atoms with Crippen molar-refractivity contribution in [2.24, 2.45) is 11.1 Å². The zero-order chi connectivity index (χ0) is 12.1. The molecule has 0 aliphatic heterocycles. The van der Waals surface area contributed by atoms with Gasteiger partial charge in [0, 0.05) is 18.5 Å². The fourth-order valence-corrected chi connectivity index (χ4v) is 1.53. The lowest BCUT2D eigenvalue weighted by Crippen LogP contribution is -2.37. The van der Waals surface area contributed by atoms with Crippen molar-refractivity contribution in [3.63, 3.8) is 0 Å². The summed E-state index contributed by atoms with van der Waals surface area (Å²) in [6, 6.07) is 0.216. The fourth-order valence-electron chi connectivity index (χ4n) is 1.53. The monoisotopic (exact) mass is 214 g/mol. The molecule has 1 amide bonds. The second-order valence-corrected chi connectivity index (χ2v) is 5.61. The summed E-state index contributed by atoms with van der Waals surface area (Å²) in [5, 5.41) is 2.93. The molecule has 0 aromatic rings. The molecule has 0 heterocycles. The minimum Gasteiger partial charge on any atom is -0.354 e. The van der Waals surface area contributed by atoms with E-state index in [2.05, 4.69) is 33.0 Å². The van der Waals surface area contributed by atoms with Crippen LogP contribution in [0.15, 0.2) is 0 Å². The lowest BCUT2D eigenvalue weighted by Gasteiger charge is -2.23. The third-order valence-electron chi connectivity index (χ3n) is 2.34. The van der Waals surface area contributed by atoms with Gasteiger partial charge in [0.2, 0.25) is 5.91 Å². The lowest BCUT2D eigenvalue weighted by molar-refractivity contribution is -0.122. The van der Waals surface area contributed by atoms with Crippen molar-refractivity contribution in [1.29, 1.82) is 0 Å². The molecule has 0 aliphatic carbocycles. The number of amides is 1. The molecule has 3 heteroatoms. The van der Waals surface area contributed by atoms with E-state index in [9.17, 15) is 4.79 Å². The summed E-state index contributed by atoms with van der Waals surface area (Å²) in [6.07, 6.45) is 2.27. The number of nitrogens with two attached hydrogens (primary N) is 1. The molecule has 15 heavy (non-hydrogen) atoms. The predicted molar refractivity (Wildman–Crippen MR) is 64.6 cm³/mol. The van der Waals surface area contributed by atoms with Crippen LogP contribution < -0.4 is 11.1 Å². The molecular weight excluding hydrogens is 188 g/mol. The van der Waals surface area contributed by atoms with Crippen molar-refractivity contribution >= 4 is 5.91 Å². The summed E-state index contributed by atoms with van der Waals surface area (Å²) in [6.45, 7) is 10.5. The van der Waals surface area contributed by atoms with E-state index in [1.807, 2.05) is 6.92 Å². The maximum atomic E-state index is 11.5. The van der Waals surface area contributed by atoms with Crippen LogP contribution in [-0.4, -0.2) is 18.0 Å². The molecule has 0 saturated carbocycles. The molecule has 0 aromatic heterocycles. The van der Waals surface area contributed by atoms with Gasteiger partial charge in [-0.15, -0.1) is 0 Å². The van der Waals surface area contributed by atoms with Crippen LogP contribution in [0.2, 0.25) is 0 Å². The number of carbonyl (C=O) groups is 1. The van der Waals surface area contributed by atoms with Crippen molar-refractivity contribution in [2.75, 3.05) is 0 Å². The Labute approximate surface area is 93.8 Å². The lowest BCUT2D eigenvalue weighted by atomic mass is 9.87. The summed E-state index contributed by atoms with van der Waals surface area (Å²) in [4.78, 5) is 11.5. The van der Waals surface area contributed by atoms with Gasteiger partial charge >= 0.3 is 0 Å². The topological polar surface area (TPSA) is 55.1 Å². The summed E-state index contributed by atoms with van der Waals surface area (Å²) < 4.78 is 0. The molecule has 0 bridgehead atoms. The van der Waals surface area contributed by atoms with Crippen LogP contribution in [0, 0.1) is 5.41 Å². The molecule has 0 aliphatic rings. The Balaban J connectivity index is 3.87. The fraction of sp³-hybridized carbons (Fsp3) is 0.917. The second kappa shape index (κ2) is 6.11. The Morgan fingerprint density at radius 1 is 1.40 bits per heavy atom. The first-order valence-electron chi connectivity index (χ1n) is 5.79. The molecule has 0 spiro atoms. The number of rotatable bonds is 5. The van der Waals surface area contributed by atoms with Crippen LogP contribution in [-0.2, 0) is 4.79 Å². The molecule has 3 N–H and O–H groups in total. The molecule has 0 fully saturated rings. The maximum absolute atomic E-state index is 11.5. The molecule has 2 atom stereocenters. The van der Waals surface area contributed by atoms with Crippen molar-refractivity contribution in [2.45, 2.75) is 66.0 Å². The van der Waals surface area contributed by atoms with Gasteiger partial charge in [-0.25, -0.2) is 0 Å². The van der Waals surface area contributed by atoms with E-state index in [0.717, 1.165) is 12.8 Å². The van der Waals surface area contributed by atoms with E-state index in [0.29, 0.717) is 6.42 Å². The van der Waals surface area contributed by atoms with Crippen LogP contribution >= 0.6 is 0 Å². The smallest absolute Gasteiger partial charge is 0.221 e. The van der Waals surface area contributed by atoms with Gasteiger partial charge in [-0.2, -0.15) is 0 Å². The van der Waals surface area contributed by atoms with Crippen molar-refractivity contribution < 1.29 is 4.79 Å². The van der Waals surface area contributed by atoms with Gasteiger partial charge in [-0.05, 0) is 25.2 Å². The normalized spacial score (nSPS) is 15.9. The van der Waals surface area contributed by atoms with Crippen LogP contribution in [0.4, 0.5) is 0 Å².